The van der Waals surface area contributed by atoms with Crippen LogP contribution in [0.5, 0.6) is 0 Å². The van der Waals surface area contributed by atoms with Gasteiger partial charge in [-0.05, 0) is 6.54 Å². The Kier molecular flexibility index (Phi) is 177. The van der Waals surface area contributed by atoms with E-state index >= 15 is 0 Å². The molecule has 0 aromatic heterocycles. The molecule has 0 saturated carbocycles. The Balaban J connectivity index is -0.0000000125. The smallest absolute Gasteiger partial charge is 0 e. The van der Waals surface area contributed by atoms with E-state index < -0.39 is 0 Å². The third-order valence-electron chi connectivity index (χ3n) is 0.575. The molecule has 0 aromatic carbocycles. The van der Waals surface area contributed by atoms with Crippen LogP contribution in [0.4, 0.5) is 0 Å². The van der Waals surface area contributed by atoms with Crippen LogP contribution >= 0.6 is 0 Å². The zero-order chi connectivity index (χ0) is 4.83. The average Bonchev–Trinajstić information content (AvgIpc) is 1.61. The molecule has 0 aromatic rings. The van der Waals surface area contributed by atoms with Gasteiger partial charge in [-0.3, -0.25) is 6.54 Å². The van der Waals surface area contributed by atoms with Crippen molar-refractivity contribution in [3.05, 3.63) is 36.3 Å². The van der Waals surface area contributed by atoms with Crippen LogP contribution < -0.4 is 11.5 Å². The summed E-state index contributed by atoms with van der Waals surface area (Å²) in [5, 5.41) is 0. The van der Waals surface area contributed by atoms with Crippen molar-refractivity contribution in [3.63, 3.8) is 0 Å². The molecule has 0 amide bonds. The van der Waals surface area contributed by atoms with E-state index in [1.807, 2.05) is 0 Å². The first-order valence-electron chi connectivity index (χ1n) is 2.15. The van der Waals surface area contributed by atoms with Gasteiger partial charge in [0.05, 0.1) is 0 Å². The predicted molar refractivity (Wildman–Crippen MR) is 52.4 cm³/mol. The van der Waals surface area contributed by atoms with E-state index in [0.717, 1.165) is 19.4 Å². The van der Waals surface area contributed by atoms with Crippen LogP contribution in [0.1, 0.15) is 12.8 Å². The second-order valence-corrected chi connectivity index (χ2v) is 1.17. The Morgan fingerprint density at radius 1 is 1.00 bits per heavy atom. The molecule has 4 N–H and O–H groups in total. The zero-order valence-corrected chi connectivity index (χ0v) is 11.5. The summed E-state index contributed by atoms with van der Waals surface area (Å²) in [7, 11) is 0. The van der Waals surface area contributed by atoms with E-state index in [0.29, 0.717) is 0 Å². The van der Waals surface area contributed by atoms with Gasteiger partial charge in [0.15, 0.2) is 0 Å². The van der Waals surface area contributed by atoms with Gasteiger partial charge in [-0.25, -0.2) is 0 Å². The minimum absolute atomic E-state index is 0. The van der Waals surface area contributed by atoms with Crippen molar-refractivity contribution in [1.29, 1.82) is 0 Å². The van der Waals surface area contributed by atoms with Crippen molar-refractivity contribution >= 4 is 0 Å². The summed E-state index contributed by atoms with van der Waals surface area (Å²) in [4.78, 5) is 0. The average molecular weight is 213 g/mol. The van der Waals surface area contributed by atoms with Gasteiger partial charge in [0.25, 0.3) is 0 Å². The summed E-state index contributed by atoms with van der Waals surface area (Å²) in [6, 6.07) is 0. The maximum absolute atomic E-state index is 5.14. The first-order chi connectivity index (χ1) is 2.91. The van der Waals surface area contributed by atoms with Gasteiger partial charge in [0, 0.05) is 19.5 Å². The molecular formula is C8H23N2Zn-5. The summed E-state index contributed by atoms with van der Waals surface area (Å²) in [5.74, 6) is 0. The first-order valence-corrected chi connectivity index (χ1v) is 2.15. The monoisotopic (exact) mass is 211 g/mol. The Bertz CT molecular complexity index is 24.1. The maximum atomic E-state index is 5.14. The number of rotatable bonds is 3. The van der Waals surface area contributed by atoms with E-state index in [-0.39, 0.29) is 49.2 Å². The molecule has 72 valence electrons. The molecule has 0 rings (SSSR count). The van der Waals surface area contributed by atoms with Crippen LogP contribution in [-0.4, -0.2) is 6.54 Å². The summed E-state index contributed by atoms with van der Waals surface area (Å²) < 4.78 is 0. The molecule has 0 bridgehead atoms. The second-order valence-electron chi connectivity index (χ2n) is 1.17. The Labute approximate surface area is 86.9 Å². The van der Waals surface area contributed by atoms with Crippen LogP contribution in [-0.2, 0) is 19.5 Å². The minimum Gasteiger partial charge on any atom is -0.483 e. The minimum atomic E-state index is 0. The third kappa shape index (κ3) is 61.3. The predicted octanol–water partition coefficient (Wildman–Crippen LogP) is 1.64. The van der Waals surface area contributed by atoms with Gasteiger partial charge in [0.2, 0.25) is 0 Å². The van der Waals surface area contributed by atoms with Crippen molar-refractivity contribution < 1.29 is 19.5 Å². The van der Waals surface area contributed by atoms with Gasteiger partial charge in [-0.15, -0.1) is 0 Å². The van der Waals surface area contributed by atoms with Gasteiger partial charge >= 0.3 is 0 Å². The van der Waals surface area contributed by atoms with E-state index in [1.54, 1.807) is 6.54 Å². The van der Waals surface area contributed by atoms with Crippen molar-refractivity contribution in [3.8, 4) is 0 Å². The SMILES string of the molecule is N[CH-]CCCN.[CH3-].[CH3-].[CH3-].[CH3-].[Zn]. The fourth-order valence-electron chi connectivity index (χ4n) is 0.236. The number of nitrogens with two attached hydrogens (primary N) is 2. The fraction of sp³-hybridized carbons (Fsp3) is 0.375. The van der Waals surface area contributed by atoms with E-state index in [2.05, 4.69) is 0 Å². The van der Waals surface area contributed by atoms with Crippen LogP contribution in [0.3, 0.4) is 0 Å². The standard InChI is InChI=1S/C4H11N2.4CH3.Zn/c5-3-1-2-4-6;;;;;/h3H,1-2,4-6H2;4*1H3;/q5*-1;. The van der Waals surface area contributed by atoms with Gasteiger partial charge in [0.1, 0.15) is 0 Å². The van der Waals surface area contributed by atoms with Gasteiger partial charge < -0.3 is 41.2 Å². The summed E-state index contributed by atoms with van der Waals surface area (Å²) >= 11 is 0. The van der Waals surface area contributed by atoms with E-state index in [4.69, 9.17) is 11.5 Å². The summed E-state index contributed by atoms with van der Waals surface area (Å²) in [6.45, 7) is 2.38. The molecule has 2 nitrogen and oxygen atoms in total. The number of unbranched alkanes of at least 4 members (excludes halogenated alkanes) is 1. The van der Waals surface area contributed by atoms with E-state index in [1.165, 1.54) is 0 Å². The molecule has 0 radical (unpaired) electrons. The van der Waals surface area contributed by atoms with Crippen LogP contribution in [0.25, 0.3) is 0 Å². The van der Waals surface area contributed by atoms with Crippen LogP contribution in [0, 0.1) is 36.3 Å². The van der Waals surface area contributed by atoms with Gasteiger partial charge in [-0.2, -0.15) is 6.42 Å². The molecule has 0 atom stereocenters. The topological polar surface area (TPSA) is 52.0 Å². The summed E-state index contributed by atoms with van der Waals surface area (Å²) in [6.07, 6.45) is 1.95. The molecule has 0 unspecified atom stereocenters. The molecule has 0 heterocycles. The number of hydrogen-bond donors (Lipinski definition) is 2. The Hall–Kier alpha value is 0.543. The fourth-order valence-corrected chi connectivity index (χ4v) is 0.236. The molecule has 3 heteroatoms. The largest absolute Gasteiger partial charge is 0.483 e. The third-order valence-corrected chi connectivity index (χ3v) is 0.575. The van der Waals surface area contributed by atoms with Gasteiger partial charge in [-0.1, -0.05) is 6.42 Å². The van der Waals surface area contributed by atoms with Crippen molar-refractivity contribution in [2.45, 2.75) is 12.8 Å². The molecule has 0 aliphatic rings. The molecule has 11 heavy (non-hydrogen) atoms. The van der Waals surface area contributed by atoms with Crippen molar-refractivity contribution in [1.82, 2.24) is 0 Å². The Morgan fingerprint density at radius 3 is 1.45 bits per heavy atom. The Morgan fingerprint density at radius 2 is 1.36 bits per heavy atom. The van der Waals surface area contributed by atoms with Crippen molar-refractivity contribution in [2.75, 3.05) is 6.54 Å². The second kappa shape index (κ2) is 46.5. The molecule has 0 spiro atoms. The van der Waals surface area contributed by atoms with Crippen LogP contribution in [0.15, 0.2) is 0 Å². The quantitative estimate of drug-likeness (QED) is 0.425. The van der Waals surface area contributed by atoms with Crippen molar-refractivity contribution in [2.24, 2.45) is 11.5 Å². The number of hydrogen-bond acceptors (Lipinski definition) is 2. The molecule has 0 aliphatic heterocycles. The molecule has 0 aliphatic carbocycles. The maximum Gasteiger partial charge on any atom is 0 e. The zero-order valence-electron chi connectivity index (χ0n) is 8.56. The molecular weight excluding hydrogens is 189 g/mol. The molecule has 0 fully saturated rings. The molecule has 0 saturated heterocycles. The van der Waals surface area contributed by atoms with E-state index in [9.17, 15) is 0 Å². The first kappa shape index (κ1) is 41.8. The summed E-state index contributed by atoms with van der Waals surface area (Å²) in [5.41, 5.74) is 10.2. The van der Waals surface area contributed by atoms with Crippen LogP contribution in [0.2, 0.25) is 0 Å². The normalized spacial score (nSPS) is 4.91.